The van der Waals surface area contributed by atoms with Gasteiger partial charge >= 0.3 is 0 Å². The van der Waals surface area contributed by atoms with Crippen LogP contribution >= 0.6 is 11.6 Å². The van der Waals surface area contributed by atoms with Crippen LogP contribution in [0.15, 0.2) is 18.2 Å². The van der Waals surface area contributed by atoms with Gasteiger partial charge in [0.1, 0.15) is 5.75 Å². The number of ether oxygens (including phenoxy) is 1. The Morgan fingerprint density at radius 3 is 2.42 bits per heavy atom. The summed E-state index contributed by atoms with van der Waals surface area (Å²) in [5, 5.41) is 0.649. The Morgan fingerprint density at radius 1 is 1.16 bits per heavy atom. The van der Waals surface area contributed by atoms with Gasteiger partial charge in [-0.1, -0.05) is 49.8 Å². The number of benzene rings is 1. The van der Waals surface area contributed by atoms with E-state index < -0.39 is 0 Å². The highest BCUT2D eigenvalue weighted by atomic mass is 35.5. The fraction of sp³-hybridized carbons (Fsp3) is 0.625. The van der Waals surface area contributed by atoms with E-state index >= 15 is 0 Å². The second-order valence-electron chi connectivity index (χ2n) is 5.52. The summed E-state index contributed by atoms with van der Waals surface area (Å²) in [5.41, 5.74) is 7.61. The minimum atomic E-state index is 0.101. The molecule has 0 aliphatic heterocycles. The first-order valence-corrected chi connectivity index (χ1v) is 7.69. The Labute approximate surface area is 121 Å². The zero-order valence-electron chi connectivity index (χ0n) is 11.7. The first-order chi connectivity index (χ1) is 9.22. The molecule has 1 unspecified atom stereocenters. The van der Waals surface area contributed by atoms with Gasteiger partial charge in [0.25, 0.3) is 0 Å². The van der Waals surface area contributed by atoms with Crippen LogP contribution in [-0.4, -0.2) is 7.11 Å². The Hall–Kier alpha value is -0.730. The van der Waals surface area contributed by atoms with Gasteiger partial charge in [0, 0.05) is 6.04 Å². The van der Waals surface area contributed by atoms with Crippen LogP contribution in [0.4, 0.5) is 0 Å². The van der Waals surface area contributed by atoms with Crippen LogP contribution in [-0.2, 0) is 0 Å². The van der Waals surface area contributed by atoms with Gasteiger partial charge in [0.2, 0.25) is 0 Å². The van der Waals surface area contributed by atoms with Crippen LogP contribution in [0.25, 0.3) is 0 Å². The molecule has 1 aliphatic rings. The van der Waals surface area contributed by atoms with E-state index in [1.807, 2.05) is 18.2 Å². The summed E-state index contributed by atoms with van der Waals surface area (Å²) in [7, 11) is 1.65. The fourth-order valence-electron chi connectivity index (χ4n) is 3.00. The van der Waals surface area contributed by atoms with Gasteiger partial charge in [-0.3, -0.25) is 0 Å². The van der Waals surface area contributed by atoms with Gasteiger partial charge in [-0.2, -0.15) is 0 Å². The molecule has 1 atom stereocenters. The van der Waals surface area contributed by atoms with Crippen LogP contribution in [0.3, 0.4) is 0 Å². The standard InChI is InChI=1S/C16H24ClNO/c1-19-15-11-13(9-10-14(15)17)16(18)12-7-5-3-2-4-6-8-12/h9-12,16H,2-8,18H2,1H3. The van der Waals surface area contributed by atoms with E-state index in [4.69, 9.17) is 22.1 Å². The molecule has 0 bridgehead atoms. The Kier molecular flexibility index (Phi) is 5.53. The van der Waals surface area contributed by atoms with E-state index in [0.717, 1.165) is 11.3 Å². The predicted octanol–water partition coefficient (Wildman–Crippen LogP) is 4.71. The quantitative estimate of drug-likeness (QED) is 0.871. The molecule has 1 aromatic carbocycles. The van der Waals surface area contributed by atoms with E-state index in [1.165, 1.54) is 44.9 Å². The highest BCUT2D eigenvalue weighted by molar-refractivity contribution is 6.32. The molecule has 2 rings (SSSR count). The Balaban J connectivity index is 2.10. The monoisotopic (exact) mass is 281 g/mol. The van der Waals surface area contributed by atoms with Crippen molar-refractivity contribution in [2.45, 2.75) is 51.0 Å². The van der Waals surface area contributed by atoms with Crippen molar-refractivity contribution in [3.63, 3.8) is 0 Å². The lowest BCUT2D eigenvalue weighted by Gasteiger charge is -2.26. The molecule has 1 saturated carbocycles. The van der Waals surface area contributed by atoms with Gasteiger partial charge in [0.05, 0.1) is 12.1 Å². The van der Waals surface area contributed by atoms with Crippen LogP contribution in [0.2, 0.25) is 5.02 Å². The van der Waals surface area contributed by atoms with Crippen molar-refractivity contribution in [2.24, 2.45) is 11.7 Å². The van der Waals surface area contributed by atoms with Crippen molar-refractivity contribution in [3.05, 3.63) is 28.8 Å². The maximum atomic E-state index is 6.47. The molecule has 19 heavy (non-hydrogen) atoms. The molecule has 106 valence electrons. The van der Waals surface area contributed by atoms with Gasteiger partial charge < -0.3 is 10.5 Å². The molecular formula is C16H24ClNO. The molecule has 0 saturated heterocycles. The van der Waals surface area contributed by atoms with Crippen molar-refractivity contribution in [1.82, 2.24) is 0 Å². The van der Waals surface area contributed by atoms with E-state index in [0.29, 0.717) is 10.9 Å². The lowest BCUT2D eigenvalue weighted by Crippen LogP contribution is -2.22. The largest absolute Gasteiger partial charge is 0.495 e. The third-order valence-electron chi connectivity index (χ3n) is 4.22. The van der Waals surface area contributed by atoms with E-state index in [9.17, 15) is 0 Å². The normalized spacial score (nSPS) is 19.5. The smallest absolute Gasteiger partial charge is 0.137 e. The second kappa shape index (κ2) is 7.16. The van der Waals surface area contributed by atoms with Crippen molar-refractivity contribution < 1.29 is 4.74 Å². The van der Waals surface area contributed by atoms with Gasteiger partial charge in [-0.25, -0.2) is 0 Å². The number of methoxy groups -OCH3 is 1. The average molecular weight is 282 g/mol. The SMILES string of the molecule is COc1cc(C(N)C2CCCCCCC2)ccc1Cl. The van der Waals surface area contributed by atoms with E-state index in [-0.39, 0.29) is 6.04 Å². The van der Waals surface area contributed by atoms with Crippen molar-refractivity contribution in [1.29, 1.82) is 0 Å². The van der Waals surface area contributed by atoms with Crippen LogP contribution in [0.1, 0.15) is 56.6 Å². The van der Waals surface area contributed by atoms with Crippen LogP contribution < -0.4 is 10.5 Å². The van der Waals surface area contributed by atoms with Gasteiger partial charge in [-0.15, -0.1) is 0 Å². The molecule has 1 fully saturated rings. The van der Waals surface area contributed by atoms with E-state index in [1.54, 1.807) is 7.11 Å². The first-order valence-electron chi connectivity index (χ1n) is 7.31. The Morgan fingerprint density at radius 2 is 1.79 bits per heavy atom. The first kappa shape index (κ1) is 14.7. The number of nitrogens with two attached hydrogens (primary N) is 1. The predicted molar refractivity (Wildman–Crippen MR) is 80.7 cm³/mol. The molecule has 2 N–H and O–H groups in total. The summed E-state index contributed by atoms with van der Waals surface area (Å²) >= 11 is 6.07. The second-order valence-corrected chi connectivity index (χ2v) is 5.93. The molecular weight excluding hydrogens is 258 g/mol. The molecule has 2 nitrogen and oxygen atoms in total. The highest BCUT2D eigenvalue weighted by Gasteiger charge is 2.21. The molecule has 0 radical (unpaired) electrons. The molecule has 0 spiro atoms. The Bertz CT molecular complexity index is 400. The topological polar surface area (TPSA) is 35.2 Å². The molecule has 0 aromatic heterocycles. The van der Waals surface area contributed by atoms with Gasteiger partial charge in [-0.05, 0) is 36.5 Å². The number of hydrogen-bond acceptors (Lipinski definition) is 2. The third kappa shape index (κ3) is 3.87. The number of halogens is 1. The maximum absolute atomic E-state index is 6.47. The maximum Gasteiger partial charge on any atom is 0.137 e. The fourth-order valence-corrected chi connectivity index (χ4v) is 3.20. The molecule has 3 heteroatoms. The summed E-state index contributed by atoms with van der Waals surface area (Å²) in [5.74, 6) is 1.31. The number of hydrogen-bond donors (Lipinski definition) is 1. The van der Waals surface area contributed by atoms with Crippen molar-refractivity contribution in [3.8, 4) is 5.75 Å². The summed E-state index contributed by atoms with van der Waals surface area (Å²) in [4.78, 5) is 0. The third-order valence-corrected chi connectivity index (χ3v) is 4.53. The molecule has 0 heterocycles. The highest BCUT2D eigenvalue weighted by Crippen LogP contribution is 2.34. The molecule has 0 amide bonds. The van der Waals surface area contributed by atoms with Crippen molar-refractivity contribution in [2.75, 3.05) is 7.11 Å². The van der Waals surface area contributed by atoms with E-state index in [2.05, 4.69) is 0 Å². The van der Waals surface area contributed by atoms with Crippen LogP contribution in [0, 0.1) is 5.92 Å². The average Bonchev–Trinajstić information content (AvgIpc) is 2.38. The minimum absolute atomic E-state index is 0.101. The zero-order chi connectivity index (χ0) is 13.7. The summed E-state index contributed by atoms with van der Waals surface area (Å²) in [6.07, 6.45) is 9.20. The van der Waals surface area contributed by atoms with Crippen molar-refractivity contribution >= 4 is 11.6 Å². The summed E-state index contributed by atoms with van der Waals surface area (Å²) in [6.45, 7) is 0. The minimum Gasteiger partial charge on any atom is -0.495 e. The lowest BCUT2D eigenvalue weighted by atomic mass is 9.83. The zero-order valence-corrected chi connectivity index (χ0v) is 12.5. The summed E-state index contributed by atoms with van der Waals surface area (Å²) < 4.78 is 5.28. The molecule has 1 aromatic rings. The number of rotatable bonds is 3. The molecule has 1 aliphatic carbocycles. The van der Waals surface area contributed by atoms with Crippen LogP contribution in [0.5, 0.6) is 5.75 Å². The van der Waals surface area contributed by atoms with Gasteiger partial charge in [0.15, 0.2) is 0 Å². The lowest BCUT2D eigenvalue weighted by molar-refractivity contribution is 0.326. The summed E-state index contributed by atoms with van der Waals surface area (Å²) in [6, 6.07) is 6.02.